The molecule has 0 saturated heterocycles. The summed E-state index contributed by atoms with van der Waals surface area (Å²) in [5.74, 6) is 0.600. The Balaban J connectivity index is 2.09. The van der Waals surface area contributed by atoms with Crippen molar-refractivity contribution in [3.8, 4) is 0 Å². The number of nitrogens with one attached hydrogen (secondary N) is 2. The molecule has 78 valence electrons. The number of hydrogen-bond acceptors (Lipinski definition) is 5. The van der Waals surface area contributed by atoms with E-state index in [1.54, 1.807) is 12.3 Å². The van der Waals surface area contributed by atoms with Crippen LogP contribution in [0.5, 0.6) is 0 Å². The van der Waals surface area contributed by atoms with E-state index >= 15 is 0 Å². The van der Waals surface area contributed by atoms with E-state index in [-0.39, 0.29) is 6.04 Å². The van der Waals surface area contributed by atoms with Crippen molar-refractivity contribution < 1.29 is 0 Å². The first-order valence-corrected chi connectivity index (χ1v) is 4.75. The Hall–Kier alpha value is -1.69. The van der Waals surface area contributed by atoms with E-state index < -0.39 is 0 Å². The number of hydrogen-bond donors (Lipinski definition) is 2. The van der Waals surface area contributed by atoms with Crippen LogP contribution in [-0.2, 0) is 0 Å². The molecular formula is C8H9ClN6. The molecule has 2 rings (SSSR count). The molecule has 0 aliphatic heterocycles. The van der Waals surface area contributed by atoms with Crippen LogP contribution in [0.3, 0.4) is 0 Å². The Morgan fingerprint density at radius 3 is 3.07 bits per heavy atom. The molecule has 1 unspecified atom stereocenters. The summed E-state index contributed by atoms with van der Waals surface area (Å²) in [7, 11) is 0. The SMILES string of the molecule is CC(Nc1ccnc(Cl)c1)c1nn[nH]n1. The van der Waals surface area contributed by atoms with E-state index in [1.807, 2.05) is 13.0 Å². The van der Waals surface area contributed by atoms with Gasteiger partial charge in [0.25, 0.3) is 0 Å². The molecule has 0 bridgehead atoms. The van der Waals surface area contributed by atoms with Gasteiger partial charge in [-0.3, -0.25) is 0 Å². The third-order valence-electron chi connectivity index (χ3n) is 1.86. The van der Waals surface area contributed by atoms with Crippen molar-refractivity contribution in [1.29, 1.82) is 0 Å². The Morgan fingerprint density at radius 1 is 1.53 bits per heavy atom. The molecule has 0 radical (unpaired) electrons. The lowest BCUT2D eigenvalue weighted by Gasteiger charge is -2.10. The highest BCUT2D eigenvalue weighted by Gasteiger charge is 2.09. The topological polar surface area (TPSA) is 79.4 Å². The number of aromatic nitrogens is 5. The molecule has 0 aliphatic carbocycles. The molecule has 0 spiro atoms. The Kier molecular flexibility index (Phi) is 2.77. The lowest BCUT2D eigenvalue weighted by Crippen LogP contribution is -2.08. The molecule has 1 atom stereocenters. The second kappa shape index (κ2) is 4.22. The molecule has 2 aromatic rings. The normalized spacial score (nSPS) is 12.4. The largest absolute Gasteiger partial charge is 0.375 e. The average molecular weight is 225 g/mol. The summed E-state index contributed by atoms with van der Waals surface area (Å²) < 4.78 is 0. The molecule has 0 fully saturated rings. The van der Waals surface area contributed by atoms with E-state index in [4.69, 9.17) is 11.6 Å². The zero-order valence-electron chi connectivity index (χ0n) is 7.98. The summed E-state index contributed by atoms with van der Waals surface area (Å²) in [6, 6.07) is 3.52. The first-order chi connectivity index (χ1) is 7.25. The van der Waals surface area contributed by atoms with Crippen molar-refractivity contribution in [3.05, 3.63) is 29.3 Å². The van der Waals surface area contributed by atoms with Crippen LogP contribution in [-0.4, -0.2) is 25.6 Å². The van der Waals surface area contributed by atoms with Gasteiger partial charge < -0.3 is 5.32 Å². The molecule has 15 heavy (non-hydrogen) atoms. The van der Waals surface area contributed by atoms with Crippen LogP contribution >= 0.6 is 11.6 Å². The van der Waals surface area contributed by atoms with Gasteiger partial charge in [0.15, 0.2) is 5.82 Å². The van der Waals surface area contributed by atoms with Gasteiger partial charge in [-0.1, -0.05) is 16.8 Å². The monoisotopic (exact) mass is 224 g/mol. The smallest absolute Gasteiger partial charge is 0.196 e. The fourth-order valence-corrected chi connectivity index (χ4v) is 1.33. The van der Waals surface area contributed by atoms with Crippen LogP contribution in [0.15, 0.2) is 18.3 Å². The maximum absolute atomic E-state index is 5.75. The fourth-order valence-electron chi connectivity index (χ4n) is 1.16. The van der Waals surface area contributed by atoms with Gasteiger partial charge in [0.05, 0.1) is 6.04 Å². The van der Waals surface area contributed by atoms with Gasteiger partial charge in [-0.05, 0) is 19.1 Å². The number of H-pyrrole nitrogens is 1. The summed E-state index contributed by atoms with van der Waals surface area (Å²) in [4.78, 5) is 3.89. The molecule has 2 heterocycles. The van der Waals surface area contributed by atoms with E-state index in [9.17, 15) is 0 Å². The summed E-state index contributed by atoms with van der Waals surface area (Å²) in [6.45, 7) is 1.93. The van der Waals surface area contributed by atoms with Crippen molar-refractivity contribution in [2.45, 2.75) is 13.0 Å². The van der Waals surface area contributed by atoms with Crippen LogP contribution in [0, 0.1) is 0 Å². The summed E-state index contributed by atoms with van der Waals surface area (Å²) in [6.07, 6.45) is 1.63. The second-order valence-electron chi connectivity index (χ2n) is 3.00. The fraction of sp³-hybridized carbons (Fsp3) is 0.250. The zero-order chi connectivity index (χ0) is 10.7. The first kappa shape index (κ1) is 9.85. The Bertz CT molecular complexity index is 428. The number of halogens is 1. The maximum atomic E-state index is 5.75. The minimum absolute atomic E-state index is 0.0396. The van der Waals surface area contributed by atoms with Crippen LogP contribution < -0.4 is 5.32 Å². The van der Waals surface area contributed by atoms with E-state index in [1.165, 1.54) is 0 Å². The predicted octanol–water partition coefficient (Wildman–Crippen LogP) is 1.42. The molecule has 6 nitrogen and oxygen atoms in total. The third-order valence-corrected chi connectivity index (χ3v) is 2.07. The number of tetrazole rings is 1. The average Bonchev–Trinajstić information content (AvgIpc) is 2.70. The van der Waals surface area contributed by atoms with Gasteiger partial charge in [-0.15, -0.1) is 10.2 Å². The van der Waals surface area contributed by atoms with Gasteiger partial charge in [0.1, 0.15) is 5.15 Å². The van der Waals surface area contributed by atoms with Gasteiger partial charge in [-0.2, -0.15) is 5.21 Å². The number of anilines is 1. The van der Waals surface area contributed by atoms with Crippen molar-refractivity contribution in [3.63, 3.8) is 0 Å². The van der Waals surface area contributed by atoms with E-state index in [2.05, 4.69) is 30.9 Å². The number of aromatic amines is 1. The number of rotatable bonds is 3. The highest BCUT2D eigenvalue weighted by molar-refractivity contribution is 6.29. The summed E-state index contributed by atoms with van der Waals surface area (Å²) >= 11 is 5.75. The summed E-state index contributed by atoms with van der Waals surface area (Å²) in [5, 5.41) is 17.3. The molecule has 0 aromatic carbocycles. The molecule has 7 heteroatoms. The van der Waals surface area contributed by atoms with Crippen LogP contribution in [0.1, 0.15) is 18.8 Å². The Labute approximate surface area is 91.1 Å². The molecule has 2 N–H and O–H groups in total. The van der Waals surface area contributed by atoms with Crippen LogP contribution in [0.2, 0.25) is 5.15 Å². The van der Waals surface area contributed by atoms with Crippen molar-refractivity contribution in [2.75, 3.05) is 5.32 Å². The van der Waals surface area contributed by atoms with E-state index in [0.29, 0.717) is 11.0 Å². The van der Waals surface area contributed by atoms with Crippen molar-refractivity contribution >= 4 is 17.3 Å². The molecule has 2 aromatic heterocycles. The quantitative estimate of drug-likeness (QED) is 0.771. The van der Waals surface area contributed by atoms with Crippen molar-refractivity contribution in [1.82, 2.24) is 25.6 Å². The minimum Gasteiger partial charge on any atom is -0.375 e. The number of nitrogens with zero attached hydrogens (tertiary/aromatic N) is 4. The summed E-state index contributed by atoms with van der Waals surface area (Å²) in [5.41, 5.74) is 0.868. The molecule has 0 aliphatic rings. The highest BCUT2D eigenvalue weighted by atomic mass is 35.5. The van der Waals surface area contributed by atoms with Gasteiger partial charge in [0.2, 0.25) is 0 Å². The Morgan fingerprint density at radius 2 is 2.40 bits per heavy atom. The van der Waals surface area contributed by atoms with Crippen LogP contribution in [0.4, 0.5) is 5.69 Å². The first-order valence-electron chi connectivity index (χ1n) is 4.37. The standard InChI is InChI=1S/C8H9ClN6/c1-5(8-12-14-15-13-8)11-6-2-3-10-7(9)4-6/h2-5H,1H3,(H,10,11)(H,12,13,14,15). The lowest BCUT2D eigenvalue weighted by molar-refractivity contribution is 0.793. The zero-order valence-corrected chi connectivity index (χ0v) is 8.73. The van der Waals surface area contributed by atoms with E-state index in [0.717, 1.165) is 5.69 Å². The third kappa shape index (κ3) is 2.41. The van der Waals surface area contributed by atoms with Gasteiger partial charge in [0, 0.05) is 11.9 Å². The highest BCUT2D eigenvalue weighted by Crippen LogP contribution is 2.17. The second-order valence-corrected chi connectivity index (χ2v) is 3.39. The minimum atomic E-state index is -0.0396. The molecule has 0 saturated carbocycles. The van der Waals surface area contributed by atoms with Gasteiger partial charge >= 0.3 is 0 Å². The maximum Gasteiger partial charge on any atom is 0.196 e. The predicted molar refractivity (Wildman–Crippen MR) is 55.5 cm³/mol. The van der Waals surface area contributed by atoms with Gasteiger partial charge in [-0.25, -0.2) is 4.98 Å². The number of pyridine rings is 1. The van der Waals surface area contributed by atoms with Crippen molar-refractivity contribution in [2.24, 2.45) is 0 Å². The lowest BCUT2D eigenvalue weighted by atomic mass is 10.3. The molecular weight excluding hydrogens is 216 g/mol. The molecule has 0 amide bonds. The van der Waals surface area contributed by atoms with Crippen LogP contribution in [0.25, 0.3) is 0 Å².